The predicted octanol–water partition coefficient (Wildman–Crippen LogP) is 4.04. The molecule has 0 aliphatic carbocycles. The van der Waals surface area contributed by atoms with Crippen LogP contribution in [-0.4, -0.2) is 15.4 Å². The number of hydrogen-bond acceptors (Lipinski definition) is 5. The Morgan fingerprint density at radius 2 is 2.26 bits per heavy atom. The van der Waals surface area contributed by atoms with E-state index >= 15 is 0 Å². The van der Waals surface area contributed by atoms with Crippen molar-refractivity contribution in [3.05, 3.63) is 34.1 Å². The van der Waals surface area contributed by atoms with Crippen molar-refractivity contribution in [1.29, 1.82) is 0 Å². The molecule has 1 aromatic heterocycles. The topological polar surface area (TPSA) is 51.8 Å². The lowest BCUT2D eigenvalue weighted by Crippen LogP contribution is -2.21. The molecule has 0 amide bonds. The summed E-state index contributed by atoms with van der Waals surface area (Å²) < 4.78 is 6.28. The Morgan fingerprint density at radius 1 is 1.47 bits per heavy atom. The number of halogens is 1. The lowest BCUT2D eigenvalue weighted by molar-refractivity contribution is 0.641. The largest absolute Gasteiger partial charge is 0.327 e. The molecule has 1 aromatic carbocycles. The van der Waals surface area contributed by atoms with E-state index in [4.69, 9.17) is 5.73 Å². The monoisotopic (exact) mass is 357 g/mol. The number of rotatable bonds is 5. The molecule has 1 atom stereocenters. The summed E-state index contributed by atoms with van der Waals surface area (Å²) in [4.78, 5) is 5.61. The Hall–Kier alpha value is -0.430. The summed E-state index contributed by atoms with van der Waals surface area (Å²) in [5.74, 6) is 0.830. The van der Waals surface area contributed by atoms with Crippen LogP contribution in [0.3, 0.4) is 0 Å². The van der Waals surface area contributed by atoms with Crippen LogP contribution < -0.4 is 5.73 Å². The lowest BCUT2D eigenvalue weighted by atomic mass is 10.1. The molecule has 3 nitrogen and oxygen atoms in total. The van der Waals surface area contributed by atoms with Gasteiger partial charge in [0.25, 0.3) is 0 Å². The molecular formula is C13H16BrN3S2. The van der Waals surface area contributed by atoms with Crippen LogP contribution in [0.5, 0.6) is 0 Å². The number of nitrogens with two attached hydrogens (primary N) is 1. The maximum atomic E-state index is 6.07. The number of aromatic nitrogens is 2. The second-order valence-corrected chi connectivity index (χ2v) is 7.29. The Bertz CT molecular complexity index is 557. The number of aryl methyl sites for hydroxylation is 1. The summed E-state index contributed by atoms with van der Waals surface area (Å²) in [5.41, 5.74) is 7.34. The average molecular weight is 358 g/mol. The third-order valence-electron chi connectivity index (χ3n) is 2.74. The van der Waals surface area contributed by atoms with Gasteiger partial charge < -0.3 is 5.73 Å². The zero-order chi connectivity index (χ0) is 13.8. The first-order valence-electron chi connectivity index (χ1n) is 6.10. The Balaban J connectivity index is 2.23. The van der Waals surface area contributed by atoms with E-state index in [1.165, 1.54) is 22.0 Å². The molecule has 19 heavy (non-hydrogen) atoms. The van der Waals surface area contributed by atoms with E-state index in [1.54, 1.807) is 11.8 Å². The first kappa shape index (κ1) is 15.0. The second-order valence-electron chi connectivity index (χ2n) is 4.33. The average Bonchev–Trinajstić information content (AvgIpc) is 2.78. The summed E-state index contributed by atoms with van der Waals surface area (Å²) >= 11 is 6.63. The van der Waals surface area contributed by atoms with Gasteiger partial charge in [0.1, 0.15) is 5.82 Å². The van der Waals surface area contributed by atoms with Crippen molar-refractivity contribution in [2.45, 2.75) is 42.0 Å². The van der Waals surface area contributed by atoms with Crippen LogP contribution in [0.15, 0.2) is 31.9 Å². The molecule has 6 heteroatoms. The highest BCUT2D eigenvalue weighted by molar-refractivity contribution is 9.10. The van der Waals surface area contributed by atoms with Crippen LogP contribution in [-0.2, 0) is 6.42 Å². The molecule has 0 fully saturated rings. The Labute approximate surface area is 130 Å². The molecule has 0 bridgehead atoms. The summed E-state index contributed by atoms with van der Waals surface area (Å²) in [6, 6.07) is 6.51. The van der Waals surface area contributed by atoms with Crippen LogP contribution >= 0.6 is 39.2 Å². The van der Waals surface area contributed by atoms with Crippen molar-refractivity contribution in [3.63, 3.8) is 0 Å². The van der Waals surface area contributed by atoms with Gasteiger partial charge in [-0.15, -0.1) is 0 Å². The fourth-order valence-corrected chi connectivity index (χ4v) is 3.79. The minimum absolute atomic E-state index is 0.199. The fraction of sp³-hybridized carbons (Fsp3) is 0.385. The van der Waals surface area contributed by atoms with Gasteiger partial charge in [0.05, 0.1) is 0 Å². The summed E-state index contributed by atoms with van der Waals surface area (Å²) in [6.45, 7) is 4.03. The van der Waals surface area contributed by atoms with E-state index in [2.05, 4.69) is 50.4 Å². The van der Waals surface area contributed by atoms with Crippen LogP contribution in [0.1, 0.15) is 24.7 Å². The normalized spacial score (nSPS) is 12.6. The molecule has 2 aromatic rings. The van der Waals surface area contributed by atoms with Gasteiger partial charge in [-0.25, -0.2) is 4.98 Å². The van der Waals surface area contributed by atoms with Crippen molar-refractivity contribution in [2.24, 2.45) is 5.73 Å². The third-order valence-corrected chi connectivity index (χ3v) is 5.19. The van der Waals surface area contributed by atoms with E-state index in [9.17, 15) is 0 Å². The highest BCUT2D eigenvalue weighted by atomic mass is 79.9. The van der Waals surface area contributed by atoms with Gasteiger partial charge in [-0.1, -0.05) is 34.6 Å². The molecular weight excluding hydrogens is 342 g/mol. The molecule has 0 saturated carbocycles. The van der Waals surface area contributed by atoms with Crippen molar-refractivity contribution in [3.8, 4) is 0 Å². The van der Waals surface area contributed by atoms with E-state index in [-0.39, 0.29) is 6.04 Å². The second kappa shape index (κ2) is 6.83. The molecule has 0 spiro atoms. The molecule has 0 radical (unpaired) electrons. The van der Waals surface area contributed by atoms with Crippen molar-refractivity contribution < 1.29 is 0 Å². The number of nitrogens with zero attached hydrogens (tertiary/aromatic N) is 2. The standard InChI is InChI=1S/C13H16BrN3S2/c1-3-11(15)7-9-6-10(14)4-5-12(9)18-13-16-8(2)17-19-13/h4-6,11H,3,7,15H2,1-2H3. The van der Waals surface area contributed by atoms with E-state index in [0.717, 1.165) is 27.5 Å². The molecule has 102 valence electrons. The van der Waals surface area contributed by atoms with Crippen LogP contribution in [0.25, 0.3) is 0 Å². The number of hydrogen-bond donors (Lipinski definition) is 1. The van der Waals surface area contributed by atoms with Crippen molar-refractivity contribution in [1.82, 2.24) is 9.36 Å². The first-order valence-corrected chi connectivity index (χ1v) is 8.49. The minimum Gasteiger partial charge on any atom is -0.327 e. The van der Waals surface area contributed by atoms with Crippen LogP contribution in [0.4, 0.5) is 0 Å². The SMILES string of the molecule is CCC(N)Cc1cc(Br)ccc1Sc1nc(C)ns1. The van der Waals surface area contributed by atoms with Crippen LogP contribution in [0, 0.1) is 6.92 Å². The quantitative estimate of drug-likeness (QED) is 0.876. The molecule has 1 heterocycles. The molecule has 2 N–H and O–H groups in total. The summed E-state index contributed by atoms with van der Waals surface area (Å²) in [5, 5.41) is 0. The van der Waals surface area contributed by atoms with E-state index in [1.807, 2.05) is 6.92 Å². The lowest BCUT2D eigenvalue weighted by Gasteiger charge is -2.12. The Kier molecular flexibility index (Phi) is 5.38. The van der Waals surface area contributed by atoms with Crippen molar-refractivity contribution in [2.75, 3.05) is 0 Å². The molecule has 0 saturated heterocycles. The van der Waals surface area contributed by atoms with Gasteiger partial charge in [0.15, 0.2) is 4.34 Å². The zero-order valence-electron chi connectivity index (χ0n) is 10.9. The van der Waals surface area contributed by atoms with Gasteiger partial charge >= 0.3 is 0 Å². The first-order chi connectivity index (χ1) is 9.08. The van der Waals surface area contributed by atoms with Crippen LogP contribution in [0.2, 0.25) is 0 Å². The Morgan fingerprint density at radius 3 is 2.89 bits per heavy atom. The highest BCUT2D eigenvalue weighted by Crippen LogP contribution is 2.33. The third kappa shape index (κ3) is 4.27. The predicted molar refractivity (Wildman–Crippen MR) is 84.9 cm³/mol. The van der Waals surface area contributed by atoms with Gasteiger partial charge in [0, 0.05) is 15.4 Å². The molecule has 0 aliphatic rings. The molecule has 1 unspecified atom stereocenters. The summed E-state index contributed by atoms with van der Waals surface area (Å²) in [7, 11) is 0. The summed E-state index contributed by atoms with van der Waals surface area (Å²) in [6.07, 6.45) is 1.87. The maximum absolute atomic E-state index is 6.07. The van der Waals surface area contributed by atoms with Gasteiger partial charge in [-0.2, -0.15) is 4.37 Å². The maximum Gasteiger partial charge on any atom is 0.174 e. The van der Waals surface area contributed by atoms with E-state index < -0.39 is 0 Å². The molecule has 2 rings (SSSR count). The van der Waals surface area contributed by atoms with Crippen molar-refractivity contribution >= 4 is 39.2 Å². The smallest absolute Gasteiger partial charge is 0.174 e. The molecule has 0 aliphatic heterocycles. The zero-order valence-corrected chi connectivity index (χ0v) is 14.1. The number of benzene rings is 1. The van der Waals surface area contributed by atoms with Gasteiger partial charge in [-0.3, -0.25) is 0 Å². The minimum atomic E-state index is 0.199. The van der Waals surface area contributed by atoms with Gasteiger partial charge in [0.2, 0.25) is 0 Å². The highest BCUT2D eigenvalue weighted by Gasteiger charge is 2.11. The fourth-order valence-electron chi connectivity index (χ4n) is 1.65. The van der Waals surface area contributed by atoms with Gasteiger partial charge in [-0.05, 0) is 55.1 Å². The van der Waals surface area contributed by atoms with E-state index in [0.29, 0.717) is 0 Å².